The molecule has 404 valence electrons. The van der Waals surface area contributed by atoms with Gasteiger partial charge in [0.15, 0.2) is 31.5 Å². The SMILES string of the molecule is CC(C)[C@H]1OC(CO)[C@H](O[C@@H]2OC(CO)[C@@H](O[C@@H]3OC(CO)[C@@H](O[C@@H]4OC(CO)[C@@H](O[C@@H]5OC(CO)[C@H](O[C@@H]6OC(CO)[C@@H](O)[C@@H](O)C6O)[C@@H](O)C5O)[C@@H](O)C4O)[C@@H](O)C3O)[C@@H](O)C2O)[C@@H](O)C1O. The second-order valence-electron chi connectivity index (χ2n) is 18.1. The van der Waals surface area contributed by atoms with Gasteiger partial charge in [0.1, 0.15) is 146 Å². The van der Waals surface area contributed by atoms with E-state index in [1.807, 2.05) is 0 Å². The maximum atomic E-state index is 11.3. The van der Waals surface area contributed by atoms with Crippen LogP contribution in [-0.4, -0.2) is 321 Å². The zero-order valence-corrected chi connectivity index (χ0v) is 37.1. The van der Waals surface area contributed by atoms with Gasteiger partial charge >= 0.3 is 0 Å². The van der Waals surface area contributed by atoms with Crippen LogP contribution in [0.15, 0.2) is 0 Å². The molecule has 12 unspecified atom stereocenters. The van der Waals surface area contributed by atoms with Crippen LogP contribution < -0.4 is 0 Å². The highest BCUT2D eigenvalue weighted by molar-refractivity contribution is 5.00. The van der Waals surface area contributed by atoms with Gasteiger partial charge in [-0.3, -0.25) is 0 Å². The van der Waals surface area contributed by atoms with Crippen LogP contribution in [0.5, 0.6) is 0 Å². The topological polar surface area (TPSA) is 486 Å². The lowest BCUT2D eigenvalue weighted by Crippen LogP contribution is -2.68. The third kappa shape index (κ3) is 11.7. The van der Waals surface area contributed by atoms with Gasteiger partial charge in [0.25, 0.3) is 0 Å². The summed E-state index contributed by atoms with van der Waals surface area (Å²) in [5.41, 5.74) is 0. The van der Waals surface area contributed by atoms with E-state index in [1.165, 1.54) is 0 Å². The summed E-state index contributed by atoms with van der Waals surface area (Å²) in [5.74, 6) is -0.297. The fourth-order valence-electron chi connectivity index (χ4n) is 9.12. The zero-order chi connectivity index (χ0) is 50.9. The molecule has 69 heavy (non-hydrogen) atoms. The lowest BCUT2D eigenvalue weighted by atomic mass is 9.89. The average molecular weight is 1020 g/mol. The molecule has 0 aliphatic carbocycles. The van der Waals surface area contributed by atoms with E-state index in [1.54, 1.807) is 13.8 Å². The Morgan fingerprint density at radius 1 is 0.275 bits per heavy atom. The minimum Gasteiger partial charge on any atom is -0.394 e. The molecule has 19 N–H and O–H groups in total. The molecule has 0 aromatic carbocycles. The molecule has 6 saturated heterocycles. The van der Waals surface area contributed by atoms with Crippen molar-refractivity contribution in [3.8, 4) is 0 Å². The summed E-state index contributed by atoms with van der Waals surface area (Å²) in [6.45, 7) is -2.02. The first-order chi connectivity index (χ1) is 32.7. The van der Waals surface area contributed by atoms with E-state index in [9.17, 15) is 97.0 Å². The Hall–Kier alpha value is -1.20. The van der Waals surface area contributed by atoms with Gasteiger partial charge in [-0.1, -0.05) is 13.8 Å². The van der Waals surface area contributed by atoms with E-state index >= 15 is 0 Å². The first kappa shape index (κ1) is 57.1. The normalized spacial score (nSPS) is 52.3. The van der Waals surface area contributed by atoms with Gasteiger partial charge in [-0.25, -0.2) is 0 Å². The van der Waals surface area contributed by atoms with E-state index < -0.39 is 224 Å². The molecule has 0 bridgehead atoms. The molecule has 6 aliphatic heterocycles. The highest BCUT2D eigenvalue weighted by Crippen LogP contribution is 2.37. The predicted octanol–water partition coefficient (Wildman–Crippen LogP) is -12.4. The summed E-state index contributed by atoms with van der Waals surface area (Å²) in [4.78, 5) is 0. The van der Waals surface area contributed by atoms with Crippen molar-refractivity contribution in [2.45, 2.75) is 198 Å². The van der Waals surface area contributed by atoms with Gasteiger partial charge in [-0.2, -0.15) is 0 Å². The van der Waals surface area contributed by atoms with Crippen LogP contribution in [-0.2, 0) is 52.1 Å². The van der Waals surface area contributed by atoms with Gasteiger partial charge in [-0.05, 0) is 5.92 Å². The maximum absolute atomic E-state index is 11.3. The maximum Gasteiger partial charge on any atom is 0.187 e. The molecule has 30 nitrogen and oxygen atoms in total. The second kappa shape index (κ2) is 24.4. The van der Waals surface area contributed by atoms with Crippen LogP contribution in [0.25, 0.3) is 0 Å². The molecular weight excluding hydrogens is 948 g/mol. The van der Waals surface area contributed by atoms with E-state index in [2.05, 4.69) is 0 Å². The van der Waals surface area contributed by atoms with Crippen molar-refractivity contribution in [3.05, 3.63) is 0 Å². The number of hydrogen-bond donors (Lipinski definition) is 19. The number of ether oxygens (including phenoxy) is 11. The zero-order valence-electron chi connectivity index (χ0n) is 37.1. The van der Waals surface area contributed by atoms with Crippen molar-refractivity contribution in [2.24, 2.45) is 5.92 Å². The summed E-state index contributed by atoms with van der Waals surface area (Å²) in [6, 6.07) is 0. The second-order valence-corrected chi connectivity index (χ2v) is 18.1. The number of rotatable bonds is 17. The lowest BCUT2D eigenvalue weighted by Gasteiger charge is -2.50. The van der Waals surface area contributed by atoms with Gasteiger partial charge < -0.3 is 149 Å². The summed E-state index contributed by atoms with van der Waals surface area (Å²) in [5, 5.41) is 201. The minimum absolute atomic E-state index is 0.297. The first-order valence-corrected chi connectivity index (χ1v) is 22.4. The Labute approximate surface area is 392 Å². The van der Waals surface area contributed by atoms with Crippen molar-refractivity contribution < 1.29 is 149 Å². The summed E-state index contributed by atoms with van der Waals surface area (Å²) < 4.78 is 61.7. The molecule has 30 heteroatoms. The highest BCUT2D eigenvalue weighted by atomic mass is 16.8. The lowest BCUT2D eigenvalue weighted by molar-refractivity contribution is -0.395. The van der Waals surface area contributed by atoms with Crippen molar-refractivity contribution in [1.82, 2.24) is 0 Å². The largest absolute Gasteiger partial charge is 0.394 e. The van der Waals surface area contributed by atoms with Crippen LogP contribution in [0.4, 0.5) is 0 Å². The van der Waals surface area contributed by atoms with Crippen LogP contribution in [0, 0.1) is 5.92 Å². The van der Waals surface area contributed by atoms with Crippen molar-refractivity contribution in [1.29, 1.82) is 0 Å². The van der Waals surface area contributed by atoms with Gasteiger partial charge in [0, 0.05) is 0 Å². The third-order valence-corrected chi connectivity index (χ3v) is 13.1. The van der Waals surface area contributed by atoms with E-state index in [0.717, 1.165) is 0 Å². The Bertz CT molecular complexity index is 1550. The van der Waals surface area contributed by atoms with Crippen LogP contribution in [0.2, 0.25) is 0 Å². The third-order valence-electron chi connectivity index (χ3n) is 13.1. The molecule has 6 aliphatic rings. The summed E-state index contributed by atoms with van der Waals surface area (Å²) in [7, 11) is 0. The fourth-order valence-corrected chi connectivity index (χ4v) is 9.12. The molecule has 0 aromatic heterocycles. The number of aliphatic hydroxyl groups excluding tert-OH is 19. The van der Waals surface area contributed by atoms with Crippen molar-refractivity contribution in [2.75, 3.05) is 39.6 Å². The molecule has 0 radical (unpaired) electrons. The molecule has 30 atom stereocenters. The van der Waals surface area contributed by atoms with Crippen molar-refractivity contribution >= 4 is 0 Å². The quantitative estimate of drug-likeness (QED) is 0.0643. The molecular formula is C39H68O30. The van der Waals surface area contributed by atoms with E-state index in [0.29, 0.717) is 0 Å². The molecule has 6 heterocycles. The molecule has 6 rings (SSSR count). The van der Waals surface area contributed by atoms with Crippen LogP contribution >= 0.6 is 0 Å². The average Bonchev–Trinajstić information content (AvgIpc) is 3.33. The molecule has 0 amide bonds. The van der Waals surface area contributed by atoms with Gasteiger partial charge in [0.2, 0.25) is 0 Å². The Morgan fingerprint density at radius 2 is 0.493 bits per heavy atom. The number of hydrogen-bond acceptors (Lipinski definition) is 30. The molecule has 6 fully saturated rings. The van der Waals surface area contributed by atoms with Gasteiger partial charge in [0.05, 0.1) is 45.7 Å². The molecule has 0 spiro atoms. The number of aliphatic hydroxyl groups is 19. The van der Waals surface area contributed by atoms with Crippen LogP contribution in [0.1, 0.15) is 13.8 Å². The Morgan fingerprint density at radius 3 is 0.739 bits per heavy atom. The highest BCUT2D eigenvalue weighted by Gasteiger charge is 2.57. The Balaban J connectivity index is 1.07. The van der Waals surface area contributed by atoms with Crippen molar-refractivity contribution in [3.63, 3.8) is 0 Å². The van der Waals surface area contributed by atoms with Crippen LogP contribution in [0.3, 0.4) is 0 Å². The molecule has 0 aromatic rings. The summed E-state index contributed by atoms with van der Waals surface area (Å²) >= 11 is 0. The minimum atomic E-state index is -2.16. The standard InChI is InChI=1S/C39H68O30/c1-9(2)29-18(48)19(49)30(11(4-41)59-29)65-36-25(55)21(51)32(13(6-43)61-36)67-38-27(57)23(53)34(15(8-45)63-38)69-39-28(58)22(52)33(14(7-44)64-39)68-37-26(56)20(50)31(12(5-42)62-37)66-35-24(54)17(47)16(46)10(3-40)60-35/h9-58H,3-8H2,1-2H3/t10?,11?,12?,13?,14?,15?,16-,17-,18?,19+,20+,21+,22+,23+,24?,25?,26?,27?,28?,29-,30+,31+,32-,33-,34-,35+,36+,37+,38+,39+/m1/s1. The summed E-state index contributed by atoms with van der Waals surface area (Å²) in [6.07, 6.45) is -54.0. The Kier molecular flexibility index (Phi) is 20.2. The molecule has 0 saturated carbocycles. The smallest absolute Gasteiger partial charge is 0.187 e. The fraction of sp³-hybridized carbons (Fsp3) is 1.00. The van der Waals surface area contributed by atoms with E-state index in [4.69, 9.17) is 52.1 Å². The van der Waals surface area contributed by atoms with Gasteiger partial charge in [-0.15, -0.1) is 0 Å². The first-order valence-electron chi connectivity index (χ1n) is 22.4. The monoisotopic (exact) mass is 1020 g/mol. The van der Waals surface area contributed by atoms with E-state index in [-0.39, 0.29) is 5.92 Å². The predicted molar refractivity (Wildman–Crippen MR) is 212 cm³/mol.